The van der Waals surface area contributed by atoms with Gasteiger partial charge in [0.1, 0.15) is 0 Å². The van der Waals surface area contributed by atoms with Crippen LogP contribution in [0.4, 0.5) is 0 Å². The second kappa shape index (κ2) is 4.74. The van der Waals surface area contributed by atoms with Gasteiger partial charge in [-0.15, -0.1) is 11.8 Å². The van der Waals surface area contributed by atoms with Crippen molar-refractivity contribution >= 4 is 17.5 Å². The Morgan fingerprint density at radius 2 is 2.60 bits per heavy atom. The molecule has 3 heteroatoms. The van der Waals surface area contributed by atoms with Crippen molar-refractivity contribution in [1.29, 1.82) is 0 Å². The van der Waals surface area contributed by atoms with Crippen LogP contribution in [0, 0.1) is 0 Å². The molecule has 0 aliphatic carbocycles. The van der Waals surface area contributed by atoms with E-state index in [0.717, 1.165) is 19.0 Å². The van der Waals surface area contributed by atoms with Gasteiger partial charge in [-0.2, -0.15) is 0 Å². The van der Waals surface area contributed by atoms with Gasteiger partial charge in [-0.25, -0.2) is 0 Å². The van der Waals surface area contributed by atoms with Crippen molar-refractivity contribution in [3.8, 4) is 0 Å². The van der Waals surface area contributed by atoms with E-state index in [2.05, 4.69) is 16.6 Å². The topological polar surface area (TPSA) is 24.4 Å². The van der Waals surface area contributed by atoms with Crippen LogP contribution in [0.25, 0.3) is 0 Å². The zero-order valence-corrected chi connectivity index (χ0v) is 7.21. The van der Waals surface area contributed by atoms with Gasteiger partial charge in [0.15, 0.2) is 0 Å². The monoisotopic (exact) mass is 158 g/mol. The molecule has 0 atom stereocenters. The minimum absolute atomic E-state index is 1.00. The number of nitrogens with one attached hydrogen (secondary N) is 1. The van der Waals surface area contributed by atoms with Gasteiger partial charge in [0.25, 0.3) is 0 Å². The maximum Gasteiger partial charge on any atom is 0.0418 e. The van der Waals surface area contributed by atoms with Crippen LogP contribution >= 0.6 is 11.8 Å². The fraction of sp³-hybridized carbons (Fsp3) is 0.857. The lowest BCUT2D eigenvalue weighted by Gasteiger charge is -2.00. The van der Waals surface area contributed by atoms with Crippen molar-refractivity contribution in [1.82, 2.24) is 5.32 Å². The summed E-state index contributed by atoms with van der Waals surface area (Å²) in [5, 5.41) is 3.31. The molecule has 1 rings (SSSR count). The van der Waals surface area contributed by atoms with Crippen LogP contribution in [0.3, 0.4) is 0 Å². The minimum atomic E-state index is 1.00. The Hall–Kier alpha value is -0.0200. The summed E-state index contributed by atoms with van der Waals surface area (Å²) in [7, 11) is 0. The van der Waals surface area contributed by atoms with Crippen LogP contribution in [0.2, 0.25) is 0 Å². The van der Waals surface area contributed by atoms with Gasteiger partial charge >= 0.3 is 0 Å². The number of hydrogen-bond acceptors (Lipinski definition) is 3. The van der Waals surface area contributed by atoms with E-state index in [1.807, 2.05) is 11.8 Å². The third kappa shape index (κ3) is 2.71. The second-order valence-corrected chi connectivity index (χ2v) is 3.28. The predicted octanol–water partition coefficient (Wildman–Crippen LogP) is 1.13. The maximum atomic E-state index is 4.35. The van der Waals surface area contributed by atoms with Gasteiger partial charge in [-0.3, -0.25) is 4.99 Å². The lowest BCUT2D eigenvalue weighted by Crippen LogP contribution is -2.20. The Morgan fingerprint density at radius 1 is 1.70 bits per heavy atom. The highest BCUT2D eigenvalue weighted by atomic mass is 32.2. The van der Waals surface area contributed by atoms with Crippen LogP contribution in [0.5, 0.6) is 0 Å². The average molecular weight is 158 g/mol. The number of nitrogens with zero attached hydrogens (tertiary/aromatic N) is 1. The SMILES string of the molecule is CSCNCC1=NCCC1. The molecular formula is C7H14N2S. The van der Waals surface area contributed by atoms with E-state index in [4.69, 9.17) is 0 Å². The van der Waals surface area contributed by atoms with Gasteiger partial charge in [-0.05, 0) is 19.1 Å². The molecule has 2 nitrogen and oxygen atoms in total. The minimum Gasteiger partial charge on any atom is -0.303 e. The van der Waals surface area contributed by atoms with Gasteiger partial charge in [0, 0.05) is 24.7 Å². The fourth-order valence-corrected chi connectivity index (χ4v) is 1.35. The molecule has 0 amide bonds. The first-order valence-corrected chi connectivity index (χ1v) is 5.04. The Kier molecular flexibility index (Phi) is 3.83. The zero-order chi connectivity index (χ0) is 7.23. The zero-order valence-electron chi connectivity index (χ0n) is 6.39. The van der Waals surface area contributed by atoms with Crippen molar-refractivity contribution < 1.29 is 0 Å². The van der Waals surface area contributed by atoms with E-state index < -0.39 is 0 Å². The maximum absolute atomic E-state index is 4.35. The van der Waals surface area contributed by atoms with Crippen molar-refractivity contribution in [3.05, 3.63) is 0 Å². The molecule has 1 aliphatic rings. The molecule has 1 N–H and O–H groups in total. The van der Waals surface area contributed by atoms with E-state index in [1.165, 1.54) is 18.6 Å². The molecule has 10 heavy (non-hydrogen) atoms. The molecule has 0 fully saturated rings. The van der Waals surface area contributed by atoms with Crippen molar-refractivity contribution in [2.75, 3.05) is 25.2 Å². The van der Waals surface area contributed by atoms with Gasteiger partial charge in [-0.1, -0.05) is 0 Å². The number of hydrogen-bond donors (Lipinski definition) is 1. The summed E-state index contributed by atoms with van der Waals surface area (Å²) < 4.78 is 0. The Morgan fingerprint density at radius 3 is 3.20 bits per heavy atom. The summed E-state index contributed by atoms with van der Waals surface area (Å²) in [4.78, 5) is 4.35. The second-order valence-electron chi connectivity index (χ2n) is 2.41. The van der Waals surface area contributed by atoms with Gasteiger partial charge in [0.2, 0.25) is 0 Å². The van der Waals surface area contributed by atoms with Crippen molar-refractivity contribution in [3.63, 3.8) is 0 Å². The van der Waals surface area contributed by atoms with Crippen molar-refractivity contribution in [2.24, 2.45) is 4.99 Å². The van der Waals surface area contributed by atoms with Crippen LogP contribution in [-0.2, 0) is 0 Å². The molecule has 1 heterocycles. The van der Waals surface area contributed by atoms with E-state index in [1.54, 1.807) is 0 Å². The molecule has 0 unspecified atom stereocenters. The number of rotatable bonds is 4. The third-order valence-corrected chi connectivity index (χ3v) is 2.03. The summed E-state index contributed by atoms with van der Waals surface area (Å²) in [6.07, 6.45) is 4.57. The van der Waals surface area contributed by atoms with E-state index in [-0.39, 0.29) is 0 Å². The highest BCUT2D eigenvalue weighted by Gasteiger charge is 2.03. The predicted molar refractivity (Wildman–Crippen MR) is 47.9 cm³/mol. The summed E-state index contributed by atoms with van der Waals surface area (Å²) in [6, 6.07) is 0. The molecule has 58 valence electrons. The molecule has 0 aromatic rings. The third-order valence-electron chi connectivity index (χ3n) is 1.53. The van der Waals surface area contributed by atoms with Crippen molar-refractivity contribution in [2.45, 2.75) is 12.8 Å². The molecule has 0 saturated heterocycles. The van der Waals surface area contributed by atoms with Crippen LogP contribution in [0.1, 0.15) is 12.8 Å². The molecule has 0 radical (unpaired) electrons. The van der Waals surface area contributed by atoms with Gasteiger partial charge < -0.3 is 5.32 Å². The Labute approximate surface area is 66.5 Å². The lowest BCUT2D eigenvalue weighted by molar-refractivity contribution is 0.900. The Balaban J connectivity index is 2.01. The molecule has 0 spiro atoms. The molecule has 0 aromatic heterocycles. The summed E-state index contributed by atoms with van der Waals surface area (Å²) in [6.45, 7) is 2.05. The van der Waals surface area contributed by atoms with E-state index >= 15 is 0 Å². The van der Waals surface area contributed by atoms with Crippen LogP contribution < -0.4 is 5.32 Å². The fourth-order valence-electron chi connectivity index (χ4n) is 1.04. The molecule has 0 saturated carbocycles. The summed E-state index contributed by atoms with van der Waals surface area (Å²) >= 11 is 1.82. The first kappa shape index (κ1) is 8.08. The molecule has 0 bridgehead atoms. The average Bonchev–Trinajstić information content (AvgIpc) is 2.41. The van der Waals surface area contributed by atoms with E-state index in [9.17, 15) is 0 Å². The van der Waals surface area contributed by atoms with Crippen LogP contribution in [-0.4, -0.2) is 30.9 Å². The molecule has 1 aliphatic heterocycles. The highest BCUT2D eigenvalue weighted by Crippen LogP contribution is 2.02. The number of thioether (sulfide) groups is 1. The molecular weight excluding hydrogens is 144 g/mol. The standard InChI is InChI=1S/C7H14N2S/c1-10-6-8-5-7-3-2-4-9-7/h8H,2-6H2,1H3. The normalized spacial score (nSPS) is 17.5. The number of aliphatic imine (C=N–C) groups is 1. The smallest absolute Gasteiger partial charge is 0.0418 e. The summed E-state index contributed by atoms with van der Waals surface area (Å²) in [5.74, 6) is 1.04. The van der Waals surface area contributed by atoms with Gasteiger partial charge in [0.05, 0.1) is 0 Å². The largest absolute Gasteiger partial charge is 0.303 e. The first-order valence-electron chi connectivity index (χ1n) is 3.65. The Bertz CT molecular complexity index is 123. The van der Waals surface area contributed by atoms with Crippen LogP contribution in [0.15, 0.2) is 4.99 Å². The lowest BCUT2D eigenvalue weighted by atomic mass is 10.2. The first-order chi connectivity index (χ1) is 4.93. The quantitative estimate of drug-likeness (QED) is 0.490. The van der Waals surface area contributed by atoms with E-state index in [0.29, 0.717) is 0 Å². The highest BCUT2D eigenvalue weighted by molar-refractivity contribution is 7.98. The molecule has 0 aromatic carbocycles. The summed E-state index contributed by atoms with van der Waals surface area (Å²) in [5.41, 5.74) is 1.36.